The van der Waals surface area contributed by atoms with Gasteiger partial charge in [-0.3, -0.25) is 0 Å². The number of rotatable bonds is 1. The summed E-state index contributed by atoms with van der Waals surface area (Å²) in [7, 11) is 0. The van der Waals surface area contributed by atoms with Crippen molar-refractivity contribution in [2.45, 2.75) is 32.9 Å². The lowest BCUT2D eigenvalue weighted by molar-refractivity contribution is 0.190. The van der Waals surface area contributed by atoms with Gasteiger partial charge < -0.3 is 16.0 Å². The number of hydrogen-bond donors (Lipinski definition) is 2. The van der Waals surface area contributed by atoms with Crippen LogP contribution in [0.2, 0.25) is 0 Å². The average molecular weight is 240 g/mol. The summed E-state index contributed by atoms with van der Waals surface area (Å²) < 4.78 is 0. The summed E-state index contributed by atoms with van der Waals surface area (Å²) in [5, 5.41) is 3.48. The SMILES string of the molecule is CC(C)NC(=O)N1CCc2nc(N)sc2C1. The quantitative estimate of drug-likeness (QED) is 0.775. The first-order valence-electron chi connectivity index (χ1n) is 5.35. The predicted octanol–water partition coefficient (Wildman–Crippen LogP) is 1.20. The van der Waals surface area contributed by atoms with E-state index in [1.807, 2.05) is 13.8 Å². The number of anilines is 1. The molecule has 2 rings (SSSR count). The first-order chi connectivity index (χ1) is 7.56. The van der Waals surface area contributed by atoms with Gasteiger partial charge in [-0.25, -0.2) is 9.78 Å². The maximum absolute atomic E-state index is 11.8. The van der Waals surface area contributed by atoms with E-state index in [1.54, 1.807) is 4.90 Å². The number of aromatic nitrogens is 1. The molecule has 0 atom stereocenters. The van der Waals surface area contributed by atoms with Crippen molar-refractivity contribution in [3.63, 3.8) is 0 Å². The Labute approximate surface area is 98.7 Å². The largest absolute Gasteiger partial charge is 0.375 e. The molecule has 3 N–H and O–H groups in total. The molecule has 0 radical (unpaired) electrons. The zero-order chi connectivity index (χ0) is 11.7. The van der Waals surface area contributed by atoms with Crippen molar-refractivity contribution in [1.82, 2.24) is 15.2 Å². The van der Waals surface area contributed by atoms with Gasteiger partial charge in [-0.1, -0.05) is 0 Å². The molecule has 0 unspecified atom stereocenters. The number of nitrogen functional groups attached to an aromatic ring is 1. The van der Waals surface area contributed by atoms with E-state index in [4.69, 9.17) is 5.73 Å². The van der Waals surface area contributed by atoms with Crippen molar-refractivity contribution in [1.29, 1.82) is 0 Å². The van der Waals surface area contributed by atoms with Crippen LogP contribution in [-0.4, -0.2) is 28.5 Å². The summed E-state index contributed by atoms with van der Waals surface area (Å²) >= 11 is 1.48. The van der Waals surface area contributed by atoms with Crippen molar-refractivity contribution in [2.24, 2.45) is 0 Å². The van der Waals surface area contributed by atoms with Gasteiger partial charge in [0.05, 0.1) is 12.2 Å². The van der Waals surface area contributed by atoms with Gasteiger partial charge in [-0.2, -0.15) is 0 Å². The fourth-order valence-corrected chi connectivity index (χ4v) is 2.62. The molecule has 6 heteroatoms. The molecule has 88 valence electrons. The highest BCUT2D eigenvalue weighted by Gasteiger charge is 2.23. The number of urea groups is 1. The maximum atomic E-state index is 11.8. The second kappa shape index (κ2) is 4.29. The molecule has 0 saturated carbocycles. The highest BCUT2D eigenvalue weighted by molar-refractivity contribution is 7.15. The lowest BCUT2D eigenvalue weighted by atomic mass is 10.2. The van der Waals surface area contributed by atoms with Gasteiger partial charge in [0, 0.05) is 23.9 Å². The smallest absolute Gasteiger partial charge is 0.317 e. The number of nitrogens with one attached hydrogen (secondary N) is 1. The molecule has 2 heterocycles. The minimum atomic E-state index is -0.00683. The Kier molecular flexibility index (Phi) is 3.00. The Morgan fingerprint density at radius 1 is 1.62 bits per heavy atom. The van der Waals surface area contributed by atoms with Crippen LogP contribution in [0.4, 0.5) is 9.93 Å². The summed E-state index contributed by atoms with van der Waals surface area (Å²) in [5.74, 6) is 0. The number of amides is 2. The van der Waals surface area contributed by atoms with Gasteiger partial charge >= 0.3 is 6.03 Å². The van der Waals surface area contributed by atoms with Gasteiger partial charge in [0.2, 0.25) is 0 Å². The fourth-order valence-electron chi connectivity index (χ4n) is 1.73. The number of carbonyl (C=O) groups is 1. The molecule has 0 bridgehead atoms. The summed E-state index contributed by atoms with van der Waals surface area (Å²) in [6.07, 6.45) is 0.800. The first-order valence-corrected chi connectivity index (χ1v) is 6.17. The molecule has 0 fully saturated rings. The third-order valence-corrected chi connectivity index (χ3v) is 3.36. The van der Waals surface area contributed by atoms with Crippen molar-refractivity contribution in [2.75, 3.05) is 12.3 Å². The molecule has 16 heavy (non-hydrogen) atoms. The van der Waals surface area contributed by atoms with E-state index in [0.717, 1.165) is 17.0 Å². The van der Waals surface area contributed by atoms with Gasteiger partial charge in [0.25, 0.3) is 0 Å². The number of hydrogen-bond acceptors (Lipinski definition) is 4. The second-order valence-corrected chi connectivity index (χ2v) is 5.31. The van der Waals surface area contributed by atoms with E-state index < -0.39 is 0 Å². The molecule has 0 aliphatic carbocycles. The van der Waals surface area contributed by atoms with Gasteiger partial charge in [0.1, 0.15) is 0 Å². The molecule has 2 amide bonds. The van der Waals surface area contributed by atoms with E-state index in [2.05, 4.69) is 10.3 Å². The van der Waals surface area contributed by atoms with Crippen LogP contribution in [0.3, 0.4) is 0 Å². The van der Waals surface area contributed by atoms with Gasteiger partial charge in [-0.15, -0.1) is 11.3 Å². The van der Waals surface area contributed by atoms with Crippen molar-refractivity contribution < 1.29 is 4.79 Å². The van der Waals surface area contributed by atoms with Crippen LogP contribution in [0.1, 0.15) is 24.4 Å². The Hall–Kier alpha value is -1.30. The van der Waals surface area contributed by atoms with Crippen molar-refractivity contribution >= 4 is 22.5 Å². The van der Waals surface area contributed by atoms with E-state index in [1.165, 1.54) is 11.3 Å². The summed E-state index contributed by atoms with van der Waals surface area (Å²) in [6.45, 7) is 5.26. The zero-order valence-corrected chi connectivity index (χ0v) is 10.3. The second-order valence-electron chi connectivity index (χ2n) is 4.20. The lowest BCUT2D eigenvalue weighted by Crippen LogP contribution is -2.44. The Morgan fingerprint density at radius 3 is 3.06 bits per heavy atom. The highest BCUT2D eigenvalue weighted by atomic mass is 32.1. The molecular weight excluding hydrogens is 224 g/mol. The number of thiazole rings is 1. The van der Waals surface area contributed by atoms with Gasteiger partial charge in [0.15, 0.2) is 5.13 Å². The van der Waals surface area contributed by atoms with Crippen LogP contribution in [0.5, 0.6) is 0 Å². The normalized spacial score (nSPS) is 15.1. The van der Waals surface area contributed by atoms with Crippen LogP contribution >= 0.6 is 11.3 Å². The molecule has 0 aromatic carbocycles. The van der Waals surface area contributed by atoms with Crippen LogP contribution in [0.25, 0.3) is 0 Å². The average Bonchev–Trinajstić information content (AvgIpc) is 2.55. The van der Waals surface area contributed by atoms with Crippen molar-refractivity contribution in [3.05, 3.63) is 10.6 Å². The standard InChI is InChI=1S/C10H16N4OS/c1-6(2)12-10(15)14-4-3-7-8(5-14)16-9(11)13-7/h6H,3-5H2,1-2H3,(H2,11,13)(H,12,15). The number of carbonyl (C=O) groups excluding carboxylic acids is 1. The van der Waals surface area contributed by atoms with E-state index >= 15 is 0 Å². The minimum absolute atomic E-state index is 0.00683. The van der Waals surface area contributed by atoms with E-state index in [0.29, 0.717) is 18.2 Å². The molecule has 5 nitrogen and oxygen atoms in total. The number of nitrogens with zero attached hydrogens (tertiary/aromatic N) is 2. The third-order valence-electron chi connectivity index (χ3n) is 2.45. The molecule has 0 saturated heterocycles. The fraction of sp³-hybridized carbons (Fsp3) is 0.600. The third kappa shape index (κ3) is 2.27. The maximum Gasteiger partial charge on any atom is 0.317 e. The number of fused-ring (bicyclic) bond motifs is 1. The lowest BCUT2D eigenvalue weighted by Gasteiger charge is -2.27. The van der Waals surface area contributed by atoms with Crippen LogP contribution in [0.15, 0.2) is 0 Å². The molecule has 1 aliphatic heterocycles. The topological polar surface area (TPSA) is 71.2 Å². The Balaban J connectivity index is 2.04. The van der Waals surface area contributed by atoms with E-state index in [-0.39, 0.29) is 12.1 Å². The Morgan fingerprint density at radius 2 is 2.38 bits per heavy atom. The monoisotopic (exact) mass is 240 g/mol. The van der Waals surface area contributed by atoms with Crippen molar-refractivity contribution in [3.8, 4) is 0 Å². The predicted molar refractivity (Wildman–Crippen MR) is 64.3 cm³/mol. The summed E-state index contributed by atoms with van der Waals surface area (Å²) in [6, 6.07) is 0.160. The van der Waals surface area contributed by atoms with Crippen LogP contribution < -0.4 is 11.1 Å². The molecule has 1 aliphatic rings. The minimum Gasteiger partial charge on any atom is -0.375 e. The summed E-state index contributed by atoms with van der Waals surface area (Å²) in [4.78, 5) is 19.0. The van der Waals surface area contributed by atoms with Crippen LogP contribution in [0, 0.1) is 0 Å². The highest BCUT2D eigenvalue weighted by Crippen LogP contribution is 2.26. The number of nitrogens with two attached hydrogens (primary N) is 1. The first kappa shape index (κ1) is 11.2. The van der Waals surface area contributed by atoms with Gasteiger partial charge in [-0.05, 0) is 13.8 Å². The Bertz CT molecular complexity index is 402. The van der Waals surface area contributed by atoms with E-state index in [9.17, 15) is 4.79 Å². The molecule has 1 aromatic heterocycles. The molecular formula is C10H16N4OS. The molecule has 0 spiro atoms. The summed E-state index contributed by atoms with van der Waals surface area (Å²) in [5.41, 5.74) is 6.70. The molecule has 1 aromatic rings. The zero-order valence-electron chi connectivity index (χ0n) is 9.49. The van der Waals surface area contributed by atoms with Crippen LogP contribution in [-0.2, 0) is 13.0 Å².